The molecule has 0 aliphatic carbocycles. The van der Waals surface area contributed by atoms with E-state index in [-0.39, 0.29) is 37.5 Å². The third kappa shape index (κ3) is 50.1. The van der Waals surface area contributed by atoms with Crippen molar-refractivity contribution in [1.29, 1.82) is 0 Å². The van der Waals surface area contributed by atoms with Crippen LogP contribution in [0.2, 0.25) is 0 Å². The van der Waals surface area contributed by atoms with E-state index in [1.165, 1.54) is 148 Å². The Morgan fingerprint density at radius 2 is 0.609 bits per heavy atom. The molecule has 0 amide bonds. The van der Waals surface area contributed by atoms with Gasteiger partial charge in [0.1, 0.15) is 13.2 Å². The van der Waals surface area contributed by atoms with E-state index < -0.39 is 6.10 Å². The third-order valence-corrected chi connectivity index (χ3v) is 11.8. The molecule has 0 spiro atoms. The lowest BCUT2D eigenvalue weighted by Crippen LogP contribution is -2.30. The van der Waals surface area contributed by atoms with Gasteiger partial charge in [0.05, 0.1) is 0 Å². The van der Waals surface area contributed by atoms with Crippen LogP contribution in [0.5, 0.6) is 0 Å². The van der Waals surface area contributed by atoms with E-state index in [1.54, 1.807) is 0 Å². The largest absolute Gasteiger partial charge is 0.462 e. The van der Waals surface area contributed by atoms with E-state index in [9.17, 15) is 14.4 Å². The van der Waals surface area contributed by atoms with Crippen LogP contribution in [0.3, 0.4) is 0 Å². The second kappa shape index (κ2) is 52.7. The summed E-state index contributed by atoms with van der Waals surface area (Å²) in [5.74, 6) is -0.928. The number of hydrogen-bond donors (Lipinski definition) is 0. The highest BCUT2D eigenvalue weighted by molar-refractivity contribution is 5.71. The minimum atomic E-state index is -0.795. The first-order valence-corrected chi connectivity index (χ1v) is 27.3. The molecule has 6 heteroatoms. The van der Waals surface area contributed by atoms with Gasteiger partial charge in [-0.2, -0.15) is 0 Å². The lowest BCUT2D eigenvalue weighted by molar-refractivity contribution is -0.167. The maximum atomic E-state index is 12.8. The zero-order valence-electron chi connectivity index (χ0n) is 42.3. The first-order chi connectivity index (χ1) is 31.5. The monoisotopic (exact) mass is 895 g/mol. The Balaban J connectivity index is 4.42. The number of hydrogen-bond acceptors (Lipinski definition) is 6. The normalized spacial score (nSPS) is 12.5. The van der Waals surface area contributed by atoms with Gasteiger partial charge in [0, 0.05) is 19.3 Å². The lowest BCUT2D eigenvalue weighted by Gasteiger charge is -2.18. The van der Waals surface area contributed by atoms with E-state index in [0.717, 1.165) is 77.0 Å². The Labute approximate surface area is 396 Å². The molecule has 0 rings (SSSR count). The number of allylic oxidation sites excluding steroid dienone is 10. The van der Waals surface area contributed by atoms with Crippen LogP contribution in [0.1, 0.15) is 271 Å². The van der Waals surface area contributed by atoms with Crippen LogP contribution < -0.4 is 0 Å². The number of rotatable bonds is 49. The van der Waals surface area contributed by atoms with Gasteiger partial charge in [0.15, 0.2) is 6.10 Å². The first kappa shape index (κ1) is 61.1. The molecule has 0 aliphatic heterocycles. The number of unbranched alkanes of at least 4 members (excludes halogenated alkanes) is 28. The Morgan fingerprint density at radius 1 is 0.328 bits per heavy atom. The van der Waals surface area contributed by atoms with Crippen molar-refractivity contribution in [2.24, 2.45) is 0 Å². The predicted molar refractivity (Wildman–Crippen MR) is 275 cm³/mol. The van der Waals surface area contributed by atoms with E-state index in [4.69, 9.17) is 14.2 Å². The molecule has 6 nitrogen and oxygen atoms in total. The average molecular weight is 895 g/mol. The lowest BCUT2D eigenvalue weighted by atomic mass is 10.0. The van der Waals surface area contributed by atoms with Crippen molar-refractivity contribution in [3.63, 3.8) is 0 Å². The minimum absolute atomic E-state index is 0.0900. The average Bonchev–Trinajstić information content (AvgIpc) is 3.29. The van der Waals surface area contributed by atoms with E-state index in [0.29, 0.717) is 19.3 Å². The minimum Gasteiger partial charge on any atom is -0.462 e. The van der Waals surface area contributed by atoms with Gasteiger partial charge in [-0.15, -0.1) is 0 Å². The van der Waals surface area contributed by atoms with Gasteiger partial charge >= 0.3 is 17.9 Å². The zero-order valence-corrected chi connectivity index (χ0v) is 42.3. The molecule has 0 aromatic rings. The van der Waals surface area contributed by atoms with Gasteiger partial charge in [-0.05, 0) is 83.5 Å². The molecular weight excluding hydrogens is 793 g/mol. The topological polar surface area (TPSA) is 78.9 Å². The SMILES string of the molecule is CC/C=C\C/C=C\C/C=C\C/C=C\CCCCC(=O)OC(COC(=O)CCCCCCCCC/C=C\CCCCCCCC)COC(=O)CCCCCCCCCCCCCCCC. The Hall–Kier alpha value is -2.89. The van der Waals surface area contributed by atoms with E-state index in [1.807, 2.05) is 0 Å². The molecular formula is C58H102O6. The second-order valence-corrected chi connectivity index (χ2v) is 18.1. The molecule has 0 fully saturated rings. The van der Waals surface area contributed by atoms with E-state index >= 15 is 0 Å². The van der Waals surface area contributed by atoms with Crippen molar-refractivity contribution < 1.29 is 28.6 Å². The van der Waals surface area contributed by atoms with Gasteiger partial charge in [-0.3, -0.25) is 14.4 Å². The van der Waals surface area contributed by atoms with Crippen LogP contribution in [0.4, 0.5) is 0 Å². The second-order valence-electron chi connectivity index (χ2n) is 18.1. The molecule has 0 bridgehead atoms. The Bertz CT molecular complexity index is 1170. The molecule has 1 atom stereocenters. The molecule has 0 N–H and O–H groups in total. The van der Waals surface area contributed by atoms with Crippen molar-refractivity contribution >= 4 is 17.9 Å². The Morgan fingerprint density at radius 3 is 1.00 bits per heavy atom. The fourth-order valence-corrected chi connectivity index (χ4v) is 7.66. The summed E-state index contributed by atoms with van der Waals surface area (Å²) < 4.78 is 16.8. The van der Waals surface area contributed by atoms with Crippen LogP contribution in [-0.4, -0.2) is 37.2 Å². The fourth-order valence-electron chi connectivity index (χ4n) is 7.66. The number of carbonyl (C=O) groups excluding carboxylic acids is 3. The molecule has 0 aliphatic rings. The molecule has 0 heterocycles. The van der Waals surface area contributed by atoms with Gasteiger partial charge in [-0.25, -0.2) is 0 Å². The van der Waals surface area contributed by atoms with Crippen LogP contribution in [0.25, 0.3) is 0 Å². The maximum Gasteiger partial charge on any atom is 0.306 e. The summed E-state index contributed by atoms with van der Waals surface area (Å²) in [7, 11) is 0. The van der Waals surface area contributed by atoms with E-state index in [2.05, 4.69) is 81.5 Å². The molecule has 0 radical (unpaired) electrons. The van der Waals surface area contributed by atoms with Crippen LogP contribution in [0.15, 0.2) is 60.8 Å². The fraction of sp³-hybridized carbons (Fsp3) is 0.776. The van der Waals surface area contributed by atoms with Crippen LogP contribution in [-0.2, 0) is 28.6 Å². The van der Waals surface area contributed by atoms with Crippen molar-refractivity contribution in [3.05, 3.63) is 60.8 Å². The summed E-state index contributed by atoms with van der Waals surface area (Å²) >= 11 is 0. The molecule has 64 heavy (non-hydrogen) atoms. The quantitative estimate of drug-likeness (QED) is 0.0262. The summed E-state index contributed by atoms with van der Waals surface area (Å²) in [4.78, 5) is 38.0. The summed E-state index contributed by atoms with van der Waals surface area (Å²) in [5.41, 5.74) is 0. The number of ether oxygens (including phenoxy) is 3. The number of carbonyl (C=O) groups is 3. The molecule has 0 saturated carbocycles. The van der Waals surface area contributed by atoms with Crippen molar-refractivity contribution in [1.82, 2.24) is 0 Å². The summed E-state index contributed by atoms with van der Waals surface area (Å²) in [6.07, 6.45) is 64.9. The zero-order chi connectivity index (χ0) is 46.5. The molecule has 1 unspecified atom stereocenters. The summed E-state index contributed by atoms with van der Waals surface area (Å²) in [5, 5.41) is 0. The van der Waals surface area contributed by atoms with Gasteiger partial charge in [0.25, 0.3) is 0 Å². The third-order valence-electron chi connectivity index (χ3n) is 11.8. The van der Waals surface area contributed by atoms with Crippen LogP contribution in [0, 0.1) is 0 Å². The molecule has 0 aromatic carbocycles. The highest BCUT2D eigenvalue weighted by Gasteiger charge is 2.19. The van der Waals surface area contributed by atoms with Gasteiger partial charge in [-0.1, -0.05) is 229 Å². The Kier molecular flexibility index (Phi) is 50.4. The van der Waals surface area contributed by atoms with Crippen molar-refractivity contribution in [2.45, 2.75) is 277 Å². The van der Waals surface area contributed by atoms with Crippen LogP contribution >= 0.6 is 0 Å². The maximum absolute atomic E-state index is 12.8. The first-order valence-electron chi connectivity index (χ1n) is 27.3. The molecule has 0 aromatic heterocycles. The smallest absolute Gasteiger partial charge is 0.306 e. The summed E-state index contributed by atoms with van der Waals surface area (Å²) in [6.45, 7) is 6.50. The predicted octanol–water partition coefficient (Wildman–Crippen LogP) is 18.0. The number of esters is 3. The van der Waals surface area contributed by atoms with Gasteiger partial charge in [0.2, 0.25) is 0 Å². The summed E-state index contributed by atoms with van der Waals surface area (Å²) in [6, 6.07) is 0. The molecule has 0 saturated heterocycles. The van der Waals surface area contributed by atoms with Crippen molar-refractivity contribution in [2.75, 3.05) is 13.2 Å². The highest BCUT2D eigenvalue weighted by Crippen LogP contribution is 2.15. The standard InChI is InChI=1S/C58H102O6/c1-4-7-10-13-16-19-22-25-28-29-31-33-36-39-42-45-48-51-57(60)63-54-55(53-62-56(59)50-47-44-41-38-35-32-27-24-21-18-15-12-9-6-3)64-58(61)52-49-46-43-40-37-34-30-26-23-20-17-14-11-8-5-2/h8,11,17,20,25-26,28,30,37,40,55H,4-7,9-10,12-16,18-19,21-24,27,29,31-36,38-39,41-54H2,1-3H3/b11-8-,20-17-,28-25-,30-26-,40-37-. The van der Waals surface area contributed by atoms with Gasteiger partial charge < -0.3 is 14.2 Å². The highest BCUT2D eigenvalue weighted by atomic mass is 16.6. The molecule has 370 valence electrons. The van der Waals surface area contributed by atoms with Crippen molar-refractivity contribution in [3.8, 4) is 0 Å².